The van der Waals surface area contributed by atoms with E-state index < -0.39 is 0 Å². The maximum atomic E-state index is 12.7. The molecular formula is C22H24N4O2. The van der Waals surface area contributed by atoms with Crippen molar-refractivity contribution in [3.8, 4) is 5.75 Å². The number of nitrogens with zero attached hydrogens (tertiary/aromatic N) is 3. The highest BCUT2D eigenvalue weighted by atomic mass is 16.5. The molecule has 0 bridgehead atoms. The summed E-state index contributed by atoms with van der Waals surface area (Å²) in [6.07, 6.45) is 0. The summed E-state index contributed by atoms with van der Waals surface area (Å²) in [5, 5.41) is 2.87. The number of methoxy groups -OCH3 is 1. The lowest BCUT2D eigenvalue weighted by Crippen LogP contribution is -2.26. The maximum absolute atomic E-state index is 12.7. The molecule has 0 unspecified atom stereocenters. The van der Waals surface area contributed by atoms with Crippen LogP contribution < -0.4 is 15.0 Å². The van der Waals surface area contributed by atoms with E-state index in [9.17, 15) is 4.79 Å². The Hall–Kier alpha value is -3.41. The van der Waals surface area contributed by atoms with Crippen molar-refractivity contribution in [1.29, 1.82) is 0 Å². The van der Waals surface area contributed by atoms with Crippen LogP contribution >= 0.6 is 0 Å². The largest absolute Gasteiger partial charge is 0.497 e. The predicted molar refractivity (Wildman–Crippen MR) is 111 cm³/mol. The van der Waals surface area contributed by atoms with Gasteiger partial charge in [0, 0.05) is 24.5 Å². The lowest BCUT2D eigenvalue weighted by molar-refractivity contribution is 0.102. The molecule has 0 aliphatic heterocycles. The van der Waals surface area contributed by atoms with Gasteiger partial charge in [-0.25, -0.2) is 9.97 Å². The Morgan fingerprint density at radius 1 is 1.07 bits per heavy atom. The Balaban J connectivity index is 1.80. The van der Waals surface area contributed by atoms with Crippen molar-refractivity contribution in [3.63, 3.8) is 0 Å². The SMILES string of the molecule is CCN(Cc1ccccc1)c1nc(C)cc(C(=O)Nc2ccc(OC)cc2)n1. The van der Waals surface area contributed by atoms with Crippen molar-refractivity contribution < 1.29 is 9.53 Å². The summed E-state index contributed by atoms with van der Waals surface area (Å²) in [6, 6.07) is 19.0. The molecule has 1 amide bonds. The highest BCUT2D eigenvalue weighted by Crippen LogP contribution is 2.17. The topological polar surface area (TPSA) is 67.4 Å². The molecule has 0 atom stereocenters. The van der Waals surface area contributed by atoms with Gasteiger partial charge in [0.2, 0.25) is 5.95 Å². The minimum atomic E-state index is -0.271. The van der Waals surface area contributed by atoms with E-state index in [1.165, 1.54) is 5.56 Å². The van der Waals surface area contributed by atoms with Gasteiger partial charge in [0.25, 0.3) is 5.91 Å². The minimum absolute atomic E-state index is 0.271. The molecule has 0 aliphatic rings. The van der Waals surface area contributed by atoms with Gasteiger partial charge in [0.05, 0.1) is 7.11 Å². The van der Waals surface area contributed by atoms with Crippen LogP contribution in [0.25, 0.3) is 0 Å². The number of aromatic nitrogens is 2. The van der Waals surface area contributed by atoms with Crippen molar-refractivity contribution >= 4 is 17.5 Å². The number of hydrogen-bond donors (Lipinski definition) is 1. The highest BCUT2D eigenvalue weighted by molar-refractivity contribution is 6.03. The molecule has 144 valence electrons. The normalized spacial score (nSPS) is 10.4. The molecule has 0 radical (unpaired) electrons. The summed E-state index contributed by atoms with van der Waals surface area (Å²) >= 11 is 0. The summed E-state index contributed by atoms with van der Waals surface area (Å²) in [6.45, 7) is 5.33. The van der Waals surface area contributed by atoms with E-state index in [-0.39, 0.29) is 5.91 Å². The lowest BCUT2D eigenvalue weighted by Gasteiger charge is -2.21. The Bertz CT molecular complexity index is 927. The third kappa shape index (κ3) is 4.85. The van der Waals surface area contributed by atoms with Crippen molar-refractivity contribution in [2.75, 3.05) is 23.9 Å². The smallest absolute Gasteiger partial charge is 0.274 e. The molecule has 0 spiro atoms. The second-order valence-corrected chi connectivity index (χ2v) is 6.38. The number of carbonyl (C=O) groups is 1. The molecular weight excluding hydrogens is 352 g/mol. The van der Waals surface area contributed by atoms with Gasteiger partial charge in [-0.15, -0.1) is 0 Å². The van der Waals surface area contributed by atoms with Gasteiger partial charge in [-0.05, 0) is 49.7 Å². The molecule has 2 aromatic carbocycles. The van der Waals surface area contributed by atoms with Crippen LogP contribution in [0.2, 0.25) is 0 Å². The molecule has 1 N–H and O–H groups in total. The summed E-state index contributed by atoms with van der Waals surface area (Å²) in [5.41, 5.74) is 2.93. The molecule has 1 aromatic heterocycles. The van der Waals surface area contributed by atoms with Gasteiger partial charge in [-0.1, -0.05) is 30.3 Å². The van der Waals surface area contributed by atoms with Gasteiger partial charge in [0.15, 0.2) is 0 Å². The first-order chi connectivity index (χ1) is 13.6. The highest BCUT2D eigenvalue weighted by Gasteiger charge is 2.15. The Morgan fingerprint density at radius 2 is 1.79 bits per heavy atom. The van der Waals surface area contributed by atoms with Crippen LogP contribution in [0.4, 0.5) is 11.6 Å². The molecule has 0 saturated carbocycles. The molecule has 0 aliphatic carbocycles. The van der Waals surface area contributed by atoms with Gasteiger partial charge >= 0.3 is 0 Å². The summed E-state index contributed by atoms with van der Waals surface area (Å²) in [7, 11) is 1.60. The van der Waals surface area contributed by atoms with Crippen molar-refractivity contribution in [1.82, 2.24) is 9.97 Å². The Morgan fingerprint density at radius 3 is 2.43 bits per heavy atom. The summed E-state index contributed by atoms with van der Waals surface area (Å²) in [5.74, 6) is 1.01. The third-order valence-electron chi connectivity index (χ3n) is 4.30. The van der Waals surface area contributed by atoms with Gasteiger partial charge in [-0.2, -0.15) is 0 Å². The summed E-state index contributed by atoms with van der Waals surface area (Å²) < 4.78 is 5.14. The Kier molecular flexibility index (Phi) is 6.22. The second-order valence-electron chi connectivity index (χ2n) is 6.38. The van der Waals surface area contributed by atoms with E-state index in [4.69, 9.17) is 4.74 Å². The number of benzene rings is 2. The van der Waals surface area contributed by atoms with Gasteiger partial charge in [0.1, 0.15) is 11.4 Å². The van der Waals surface area contributed by atoms with E-state index in [2.05, 4.69) is 27.4 Å². The average Bonchev–Trinajstić information content (AvgIpc) is 2.72. The van der Waals surface area contributed by atoms with E-state index in [1.54, 1.807) is 37.4 Å². The quantitative estimate of drug-likeness (QED) is 0.673. The fraction of sp³-hybridized carbons (Fsp3) is 0.227. The number of nitrogens with one attached hydrogen (secondary N) is 1. The van der Waals surface area contributed by atoms with Gasteiger partial charge < -0.3 is 15.0 Å². The minimum Gasteiger partial charge on any atom is -0.497 e. The van der Waals surface area contributed by atoms with Crippen LogP contribution in [-0.2, 0) is 6.54 Å². The number of hydrogen-bond acceptors (Lipinski definition) is 5. The predicted octanol–water partition coefficient (Wildman–Crippen LogP) is 4.07. The van der Waals surface area contributed by atoms with Crippen molar-refractivity contribution in [2.24, 2.45) is 0 Å². The molecule has 0 saturated heterocycles. The van der Waals surface area contributed by atoms with Gasteiger partial charge in [-0.3, -0.25) is 4.79 Å². The first-order valence-corrected chi connectivity index (χ1v) is 9.19. The third-order valence-corrected chi connectivity index (χ3v) is 4.30. The molecule has 6 heteroatoms. The number of aryl methyl sites for hydroxylation is 1. The van der Waals surface area contributed by atoms with Crippen LogP contribution in [0, 0.1) is 6.92 Å². The van der Waals surface area contributed by atoms with Crippen LogP contribution in [-0.4, -0.2) is 29.5 Å². The molecule has 1 heterocycles. The zero-order valence-electron chi connectivity index (χ0n) is 16.3. The molecule has 0 fully saturated rings. The van der Waals surface area contributed by atoms with Crippen molar-refractivity contribution in [2.45, 2.75) is 20.4 Å². The number of anilines is 2. The molecule has 3 aromatic rings. The van der Waals surface area contributed by atoms with E-state index >= 15 is 0 Å². The van der Waals surface area contributed by atoms with E-state index in [1.807, 2.05) is 36.9 Å². The lowest BCUT2D eigenvalue weighted by atomic mass is 10.2. The first-order valence-electron chi connectivity index (χ1n) is 9.19. The second kappa shape index (κ2) is 8.99. The van der Waals surface area contributed by atoms with Crippen LogP contribution in [0.3, 0.4) is 0 Å². The summed E-state index contributed by atoms with van der Waals surface area (Å²) in [4.78, 5) is 23.8. The zero-order valence-corrected chi connectivity index (χ0v) is 16.3. The van der Waals surface area contributed by atoms with Crippen molar-refractivity contribution in [3.05, 3.63) is 77.6 Å². The monoisotopic (exact) mass is 376 g/mol. The fourth-order valence-electron chi connectivity index (χ4n) is 2.81. The average molecular weight is 376 g/mol. The molecule has 6 nitrogen and oxygen atoms in total. The standard InChI is InChI=1S/C22H24N4O2/c1-4-26(15-17-8-6-5-7-9-17)22-23-16(2)14-20(25-22)21(27)24-18-10-12-19(28-3)13-11-18/h5-14H,4,15H2,1-3H3,(H,24,27). The zero-order chi connectivity index (χ0) is 19.9. The van der Waals surface area contributed by atoms with Crippen LogP contribution in [0.1, 0.15) is 28.7 Å². The number of ether oxygens (including phenoxy) is 1. The fourth-order valence-corrected chi connectivity index (χ4v) is 2.81. The number of rotatable bonds is 7. The molecule has 28 heavy (non-hydrogen) atoms. The Labute approximate surface area is 165 Å². The van der Waals surface area contributed by atoms with Crippen LogP contribution in [0.5, 0.6) is 5.75 Å². The van der Waals surface area contributed by atoms with E-state index in [0.717, 1.165) is 18.0 Å². The molecule has 3 rings (SSSR count). The maximum Gasteiger partial charge on any atom is 0.274 e. The van der Waals surface area contributed by atoms with E-state index in [0.29, 0.717) is 23.9 Å². The first kappa shape index (κ1) is 19.4. The van der Waals surface area contributed by atoms with Crippen LogP contribution in [0.15, 0.2) is 60.7 Å². The number of carbonyl (C=O) groups excluding carboxylic acids is 1. The number of amides is 1.